The average molecular weight is 314 g/mol. The first kappa shape index (κ1) is 14.7. The lowest BCUT2D eigenvalue weighted by Gasteiger charge is -2.13. The Morgan fingerprint density at radius 2 is 1.91 bits per heavy atom. The Bertz CT molecular complexity index is 821. The minimum Gasteiger partial charge on any atom is -0.451 e. The lowest BCUT2D eigenvalue weighted by Crippen LogP contribution is -2.26. The Balaban J connectivity index is 1.80. The molecule has 3 nitrogen and oxygen atoms in total. The smallest absolute Gasteiger partial charge is 0.287 e. The summed E-state index contributed by atoms with van der Waals surface area (Å²) >= 11 is 5.88. The van der Waals surface area contributed by atoms with E-state index in [2.05, 4.69) is 5.32 Å². The Labute approximate surface area is 133 Å². The van der Waals surface area contributed by atoms with Crippen LogP contribution >= 0.6 is 11.6 Å². The maximum Gasteiger partial charge on any atom is 0.287 e. The van der Waals surface area contributed by atoms with Crippen LogP contribution in [0.1, 0.15) is 34.6 Å². The van der Waals surface area contributed by atoms with Crippen molar-refractivity contribution in [3.8, 4) is 0 Å². The van der Waals surface area contributed by atoms with Crippen LogP contribution in [0.25, 0.3) is 11.0 Å². The first-order valence-corrected chi connectivity index (χ1v) is 7.48. The van der Waals surface area contributed by atoms with E-state index in [-0.39, 0.29) is 11.9 Å². The minimum atomic E-state index is -0.224. The molecule has 0 radical (unpaired) electrons. The van der Waals surface area contributed by atoms with Crippen molar-refractivity contribution in [2.75, 3.05) is 0 Å². The number of halogens is 1. The third kappa shape index (κ3) is 2.85. The van der Waals surface area contributed by atoms with Crippen molar-refractivity contribution in [1.82, 2.24) is 5.32 Å². The summed E-state index contributed by atoms with van der Waals surface area (Å²) in [5.74, 6) is 0.100. The predicted octanol–water partition coefficient (Wildman–Crippen LogP) is 4.89. The molecule has 0 aliphatic carbocycles. The number of benzene rings is 2. The van der Waals surface area contributed by atoms with Gasteiger partial charge >= 0.3 is 0 Å². The molecule has 1 aromatic heterocycles. The summed E-state index contributed by atoms with van der Waals surface area (Å²) in [4.78, 5) is 12.3. The quantitative estimate of drug-likeness (QED) is 0.748. The molecule has 0 aliphatic rings. The van der Waals surface area contributed by atoms with E-state index in [1.54, 1.807) is 6.07 Å². The van der Waals surface area contributed by atoms with E-state index in [9.17, 15) is 4.79 Å². The largest absolute Gasteiger partial charge is 0.451 e. The number of amides is 1. The van der Waals surface area contributed by atoms with Crippen molar-refractivity contribution in [2.24, 2.45) is 0 Å². The molecule has 1 N–H and O–H groups in total. The fourth-order valence-electron chi connectivity index (χ4n) is 2.42. The highest BCUT2D eigenvalue weighted by molar-refractivity contribution is 6.30. The Morgan fingerprint density at radius 1 is 1.18 bits per heavy atom. The molecule has 4 heteroatoms. The van der Waals surface area contributed by atoms with Crippen molar-refractivity contribution < 1.29 is 9.21 Å². The van der Waals surface area contributed by atoms with Gasteiger partial charge in [-0.2, -0.15) is 0 Å². The van der Waals surface area contributed by atoms with Gasteiger partial charge in [-0.05, 0) is 43.2 Å². The second kappa shape index (κ2) is 5.85. The summed E-state index contributed by atoms with van der Waals surface area (Å²) in [7, 11) is 0. The summed E-state index contributed by atoms with van der Waals surface area (Å²) in [6.45, 7) is 3.89. The van der Waals surface area contributed by atoms with Gasteiger partial charge in [-0.1, -0.05) is 41.9 Å². The Kier molecular flexibility index (Phi) is 3.90. The second-order valence-electron chi connectivity index (χ2n) is 5.35. The van der Waals surface area contributed by atoms with Gasteiger partial charge in [0.05, 0.1) is 6.04 Å². The van der Waals surface area contributed by atoms with E-state index in [1.807, 2.05) is 56.3 Å². The highest BCUT2D eigenvalue weighted by Gasteiger charge is 2.16. The normalized spacial score (nSPS) is 12.3. The second-order valence-corrected chi connectivity index (χ2v) is 5.79. The summed E-state index contributed by atoms with van der Waals surface area (Å²) < 4.78 is 5.68. The molecule has 0 fully saturated rings. The molecular weight excluding hydrogens is 298 g/mol. The van der Waals surface area contributed by atoms with E-state index in [0.717, 1.165) is 22.1 Å². The standard InChI is InChI=1S/C18H16ClNO2/c1-11-4-3-5-14-10-16(22-17(11)14)18(21)20-12(2)13-6-8-15(19)9-7-13/h3-10,12H,1-2H3,(H,20,21)/t12-/m1/s1. The van der Waals surface area contributed by atoms with Crippen LogP contribution in [-0.4, -0.2) is 5.91 Å². The molecule has 0 unspecified atom stereocenters. The van der Waals surface area contributed by atoms with E-state index in [1.165, 1.54) is 0 Å². The van der Waals surface area contributed by atoms with Crippen LogP contribution in [0, 0.1) is 6.92 Å². The number of hydrogen-bond acceptors (Lipinski definition) is 2. The molecule has 0 aliphatic heterocycles. The number of carbonyl (C=O) groups excluding carboxylic acids is 1. The summed E-state index contributed by atoms with van der Waals surface area (Å²) in [6, 6.07) is 14.9. The maximum atomic E-state index is 12.3. The van der Waals surface area contributed by atoms with E-state index in [0.29, 0.717) is 10.8 Å². The number of carbonyl (C=O) groups is 1. The van der Waals surface area contributed by atoms with E-state index < -0.39 is 0 Å². The molecule has 0 saturated heterocycles. The number of fused-ring (bicyclic) bond motifs is 1. The molecule has 1 heterocycles. The predicted molar refractivity (Wildman–Crippen MR) is 88.3 cm³/mol. The fourth-order valence-corrected chi connectivity index (χ4v) is 2.55. The van der Waals surface area contributed by atoms with Crippen molar-refractivity contribution in [3.63, 3.8) is 0 Å². The van der Waals surface area contributed by atoms with Crippen molar-refractivity contribution in [3.05, 3.63) is 70.4 Å². The van der Waals surface area contributed by atoms with Gasteiger partial charge < -0.3 is 9.73 Å². The van der Waals surface area contributed by atoms with Crippen LogP contribution in [-0.2, 0) is 0 Å². The number of nitrogens with one attached hydrogen (secondary N) is 1. The molecule has 2 aromatic carbocycles. The average Bonchev–Trinajstić information content (AvgIpc) is 2.93. The molecular formula is C18H16ClNO2. The lowest BCUT2D eigenvalue weighted by atomic mass is 10.1. The Morgan fingerprint density at radius 3 is 2.59 bits per heavy atom. The van der Waals surface area contributed by atoms with Crippen LogP contribution in [0.4, 0.5) is 0 Å². The van der Waals surface area contributed by atoms with Crippen LogP contribution in [0.5, 0.6) is 0 Å². The highest BCUT2D eigenvalue weighted by atomic mass is 35.5. The van der Waals surface area contributed by atoms with Crippen LogP contribution in [0.3, 0.4) is 0 Å². The van der Waals surface area contributed by atoms with Crippen LogP contribution in [0.2, 0.25) is 5.02 Å². The SMILES string of the molecule is Cc1cccc2cc(C(=O)N[C@H](C)c3ccc(Cl)cc3)oc12. The van der Waals surface area contributed by atoms with E-state index >= 15 is 0 Å². The fraction of sp³-hybridized carbons (Fsp3) is 0.167. The maximum absolute atomic E-state index is 12.3. The van der Waals surface area contributed by atoms with Gasteiger partial charge in [-0.3, -0.25) is 4.79 Å². The van der Waals surface area contributed by atoms with Crippen molar-refractivity contribution in [1.29, 1.82) is 0 Å². The minimum absolute atomic E-state index is 0.126. The van der Waals surface area contributed by atoms with Gasteiger partial charge in [-0.25, -0.2) is 0 Å². The molecule has 3 aromatic rings. The molecule has 3 rings (SSSR count). The van der Waals surface area contributed by atoms with Gasteiger partial charge in [-0.15, -0.1) is 0 Å². The number of hydrogen-bond donors (Lipinski definition) is 1. The molecule has 1 atom stereocenters. The van der Waals surface area contributed by atoms with Gasteiger partial charge in [0.1, 0.15) is 5.58 Å². The van der Waals surface area contributed by atoms with Crippen molar-refractivity contribution >= 4 is 28.5 Å². The molecule has 0 spiro atoms. The zero-order valence-electron chi connectivity index (χ0n) is 12.4. The lowest BCUT2D eigenvalue weighted by molar-refractivity contribution is 0.0914. The topological polar surface area (TPSA) is 42.2 Å². The first-order chi connectivity index (χ1) is 10.5. The molecule has 112 valence electrons. The van der Waals surface area contributed by atoms with Gasteiger partial charge in [0.15, 0.2) is 5.76 Å². The third-order valence-corrected chi connectivity index (χ3v) is 3.93. The third-order valence-electron chi connectivity index (χ3n) is 3.68. The monoisotopic (exact) mass is 313 g/mol. The summed E-state index contributed by atoms with van der Waals surface area (Å²) in [5, 5.41) is 4.55. The van der Waals surface area contributed by atoms with Crippen LogP contribution < -0.4 is 5.32 Å². The number of rotatable bonds is 3. The zero-order chi connectivity index (χ0) is 15.7. The number of aryl methyl sites for hydroxylation is 1. The van der Waals surface area contributed by atoms with Gasteiger partial charge in [0, 0.05) is 10.4 Å². The highest BCUT2D eigenvalue weighted by Crippen LogP contribution is 2.23. The summed E-state index contributed by atoms with van der Waals surface area (Å²) in [5.41, 5.74) is 2.76. The van der Waals surface area contributed by atoms with E-state index in [4.69, 9.17) is 16.0 Å². The molecule has 22 heavy (non-hydrogen) atoms. The number of para-hydroxylation sites is 1. The van der Waals surface area contributed by atoms with Gasteiger partial charge in [0.25, 0.3) is 5.91 Å². The summed E-state index contributed by atoms with van der Waals surface area (Å²) in [6.07, 6.45) is 0. The zero-order valence-corrected chi connectivity index (χ0v) is 13.1. The molecule has 1 amide bonds. The Hall–Kier alpha value is -2.26. The van der Waals surface area contributed by atoms with Gasteiger partial charge in [0.2, 0.25) is 0 Å². The van der Waals surface area contributed by atoms with Crippen molar-refractivity contribution in [2.45, 2.75) is 19.9 Å². The first-order valence-electron chi connectivity index (χ1n) is 7.10. The molecule has 0 bridgehead atoms. The molecule has 0 saturated carbocycles. The van der Waals surface area contributed by atoms with Crippen LogP contribution in [0.15, 0.2) is 52.9 Å². The number of furan rings is 1.